The summed E-state index contributed by atoms with van der Waals surface area (Å²) in [5.74, 6) is 0.967. The van der Waals surface area contributed by atoms with Gasteiger partial charge in [0.1, 0.15) is 5.75 Å². The van der Waals surface area contributed by atoms with Crippen molar-refractivity contribution in [3.8, 4) is 17.0 Å². The number of rotatable bonds is 6. The Bertz CT molecular complexity index is 988. The highest BCUT2D eigenvalue weighted by molar-refractivity contribution is 7.99. The Kier molecular flexibility index (Phi) is 6.31. The molecule has 6 heteroatoms. The second-order valence-corrected chi connectivity index (χ2v) is 7.48. The highest BCUT2D eigenvalue weighted by Gasteiger charge is 2.09. The summed E-state index contributed by atoms with van der Waals surface area (Å²) in [5, 5.41) is 3.51. The number of methoxy groups -OCH3 is 1. The van der Waals surface area contributed by atoms with Crippen LogP contribution in [0.25, 0.3) is 11.3 Å². The van der Waals surface area contributed by atoms with Crippen LogP contribution < -0.4 is 10.1 Å². The fourth-order valence-electron chi connectivity index (χ4n) is 2.66. The van der Waals surface area contributed by atoms with Crippen molar-refractivity contribution in [2.24, 2.45) is 0 Å². The molecule has 2 aromatic carbocycles. The molecule has 144 valence electrons. The van der Waals surface area contributed by atoms with Crippen molar-refractivity contribution < 1.29 is 9.53 Å². The quantitative estimate of drug-likeness (QED) is 0.481. The zero-order chi connectivity index (χ0) is 20.1. The fourth-order valence-corrected chi connectivity index (χ4v) is 3.37. The van der Waals surface area contributed by atoms with Gasteiger partial charge in [0.25, 0.3) is 0 Å². The van der Waals surface area contributed by atoms with E-state index in [1.54, 1.807) is 7.11 Å². The fraction of sp³-hybridized carbons (Fsp3) is 0.227. The van der Waals surface area contributed by atoms with Gasteiger partial charge in [0.05, 0.1) is 18.6 Å². The van der Waals surface area contributed by atoms with E-state index in [4.69, 9.17) is 4.74 Å². The number of benzene rings is 2. The molecule has 1 heterocycles. The van der Waals surface area contributed by atoms with Gasteiger partial charge < -0.3 is 10.1 Å². The van der Waals surface area contributed by atoms with Gasteiger partial charge in [-0.05, 0) is 74.4 Å². The minimum Gasteiger partial charge on any atom is -0.497 e. The Hall–Kier alpha value is -2.86. The van der Waals surface area contributed by atoms with Crippen LogP contribution in [0.2, 0.25) is 0 Å². The van der Waals surface area contributed by atoms with Crippen molar-refractivity contribution in [3.63, 3.8) is 0 Å². The van der Waals surface area contributed by atoms with E-state index in [0.29, 0.717) is 5.16 Å². The molecule has 1 N–H and O–H groups in total. The van der Waals surface area contributed by atoms with E-state index in [2.05, 4.69) is 15.3 Å². The van der Waals surface area contributed by atoms with Crippen LogP contribution in [-0.2, 0) is 4.79 Å². The zero-order valence-corrected chi connectivity index (χ0v) is 17.3. The normalized spacial score (nSPS) is 10.6. The van der Waals surface area contributed by atoms with Gasteiger partial charge in [0, 0.05) is 16.9 Å². The zero-order valence-electron chi connectivity index (χ0n) is 16.4. The second kappa shape index (κ2) is 8.89. The minimum atomic E-state index is -0.0793. The standard InChI is InChI=1S/C22H23N3O2S/c1-14-5-8-18(11-15(14)2)24-21(26)13-28-22-23-16(3)12-20(25-22)17-6-9-19(27-4)10-7-17/h5-12H,13H2,1-4H3,(H,24,26). The van der Waals surface area contributed by atoms with E-state index in [1.807, 2.05) is 69.3 Å². The smallest absolute Gasteiger partial charge is 0.234 e. The second-order valence-electron chi connectivity index (χ2n) is 6.54. The van der Waals surface area contributed by atoms with Gasteiger partial charge >= 0.3 is 0 Å². The molecule has 1 amide bonds. The molecule has 0 spiro atoms. The molecule has 0 saturated heterocycles. The first kappa shape index (κ1) is 19.9. The lowest BCUT2D eigenvalue weighted by molar-refractivity contribution is -0.113. The van der Waals surface area contributed by atoms with E-state index in [0.717, 1.165) is 34.0 Å². The van der Waals surface area contributed by atoms with E-state index in [9.17, 15) is 4.79 Å². The number of nitrogens with zero attached hydrogens (tertiary/aromatic N) is 2. The van der Waals surface area contributed by atoms with Crippen LogP contribution in [0.3, 0.4) is 0 Å². The Morgan fingerprint density at radius 2 is 1.75 bits per heavy atom. The van der Waals surface area contributed by atoms with Crippen LogP contribution in [0.15, 0.2) is 53.7 Å². The van der Waals surface area contributed by atoms with E-state index in [-0.39, 0.29) is 11.7 Å². The van der Waals surface area contributed by atoms with Crippen molar-refractivity contribution in [3.05, 3.63) is 65.4 Å². The Morgan fingerprint density at radius 3 is 2.43 bits per heavy atom. The lowest BCUT2D eigenvalue weighted by Gasteiger charge is -2.09. The van der Waals surface area contributed by atoms with Gasteiger partial charge in [-0.2, -0.15) is 0 Å². The highest BCUT2D eigenvalue weighted by Crippen LogP contribution is 2.24. The number of aromatic nitrogens is 2. The average molecular weight is 394 g/mol. The third kappa shape index (κ3) is 5.10. The van der Waals surface area contributed by atoms with Crippen molar-refractivity contribution in [2.45, 2.75) is 25.9 Å². The molecule has 0 aliphatic carbocycles. The maximum absolute atomic E-state index is 12.3. The molecule has 0 aliphatic rings. The minimum absolute atomic E-state index is 0.0793. The van der Waals surface area contributed by atoms with Crippen molar-refractivity contribution in [2.75, 3.05) is 18.2 Å². The molecule has 0 unspecified atom stereocenters. The topological polar surface area (TPSA) is 64.1 Å². The monoisotopic (exact) mass is 393 g/mol. The molecular weight excluding hydrogens is 370 g/mol. The summed E-state index contributed by atoms with van der Waals surface area (Å²) in [6.45, 7) is 6.00. The molecule has 0 radical (unpaired) electrons. The van der Waals surface area contributed by atoms with E-state index in [1.165, 1.54) is 17.3 Å². The summed E-state index contributed by atoms with van der Waals surface area (Å²) in [6.07, 6.45) is 0. The molecule has 0 aliphatic heterocycles. The molecule has 3 rings (SSSR count). The van der Waals surface area contributed by atoms with Gasteiger partial charge in [-0.1, -0.05) is 17.8 Å². The van der Waals surface area contributed by atoms with Crippen molar-refractivity contribution >= 4 is 23.4 Å². The molecule has 0 saturated carbocycles. The molecule has 1 aromatic heterocycles. The summed E-state index contributed by atoms with van der Waals surface area (Å²) in [4.78, 5) is 21.3. The first-order valence-corrected chi connectivity index (χ1v) is 9.93. The number of amides is 1. The lowest BCUT2D eigenvalue weighted by Crippen LogP contribution is -2.14. The SMILES string of the molecule is COc1ccc(-c2cc(C)nc(SCC(=O)Nc3ccc(C)c(C)c3)n2)cc1. The summed E-state index contributed by atoms with van der Waals surface area (Å²) >= 11 is 1.33. The predicted molar refractivity (Wildman–Crippen MR) is 114 cm³/mol. The molecular formula is C22H23N3O2S. The third-order valence-electron chi connectivity index (χ3n) is 4.34. The number of aryl methyl sites for hydroxylation is 3. The number of thioether (sulfide) groups is 1. The summed E-state index contributed by atoms with van der Waals surface area (Å²) in [7, 11) is 1.64. The number of carbonyl (C=O) groups is 1. The summed E-state index contributed by atoms with van der Waals surface area (Å²) < 4.78 is 5.20. The molecule has 0 atom stereocenters. The van der Waals surface area contributed by atoms with Crippen LogP contribution in [0.4, 0.5) is 5.69 Å². The number of ether oxygens (including phenoxy) is 1. The van der Waals surface area contributed by atoms with Crippen LogP contribution in [-0.4, -0.2) is 28.7 Å². The van der Waals surface area contributed by atoms with Crippen molar-refractivity contribution in [1.82, 2.24) is 9.97 Å². The number of carbonyl (C=O) groups excluding carboxylic acids is 1. The Labute approximate surface area is 169 Å². The van der Waals surface area contributed by atoms with Crippen LogP contribution in [0, 0.1) is 20.8 Å². The largest absolute Gasteiger partial charge is 0.497 e. The molecule has 3 aromatic rings. The number of hydrogen-bond donors (Lipinski definition) is 1. The summed E-state index contributed by atoms with van der Waals surface area (Å²) in [6, 6.07) is 15.5. The predicted octanol–water partition coefficient (Wildman–Crippen LogP) is 4.81. The molecule has 0 bridgehead atoms. The lowest BCUT2D eigenvalue weighted by atomic mass is 10.1. The van der Waals surface area contributed by atoms with Gasteiger partial charge in [-0.25, -0.2) is 9.97 Å². The van der Waals surface area contributed by atoms with E-state index >= 15 is 0 Å². The van der Waals surface area contributed by atoms with Crippen LogP contribution in [0.1, 0.15) is 16.8 Å². The van der Waals surface area contributed by atoms with E-state index < -0.39 is 0 Å². The number of nitrogens with one attached hydrogen (secondary N) is 1. The molecule has 0 fully saturated rings. The molecule has 28 heavy (non-hydrogen) atoms. The Balaban J connectivity index is 1.67. The van der Waals surface area contributed by atoms with Crippen molar-refractivity contribution in [1.29, 1.82) is 0 Å². The van der Waals surface area contributed by atoms with Crippen LogP contribution >= 0.6 is 11.8 Å². The van der Waals surface area contributed by atoms with Crippen LogP contribution in [0.5, 0.6) is 5.75 Å². The molecule has 5 nitrogen and oxygen atoms in total. The van der Waals surface area contributed by atoms with Gasteiger partial charge in [-0.15, -0.1) is 0 Å². The first-order chi connectivity index (χ1) is 13.4. The van der Waals surface area contributed by atoms with Gasteiger partial charge in [-0.3, -0.25) is 4.79 Å². The van der Waals surface area contributed by atoms with Gasteiger partial charge in [0.15, 0.2) is 5.16 Å². The number of hydrogen-bond acceptors (Lipinski definition) is 5. The summed E-state index contributed by atoms with van der Waals surface area (Å²) in [5.41, 5.74) is 5.82. The number of anilines is 1. The highest BCUT2D eigenvalue weighted by atomic mass is 32.2. The Morgan fingerprint density at radius 1 is 1.00 bits per heavy atom. The maximum Gasteiger partial charge on any atom is 0.234 e. The average Bonchev–Trinajstić information content (AvgIpc) is 2.69. The first-order valence-electron chi connectivity index (χ1n) is 8.94. The third-order valence-corrected chi connectivity index (χ3v) is 5.19. The van der Waals surface area contributed by atoms with Gasteiger partial charge in [0.2, 0.25) is 5.91 Å². The maximum atomic E-state index is 12.3.